The van der Waals surface area contributed by atoms with Gasteiger partial charge in [-0.1, -0.05) is 27.2 Å². The zero-order valence-electron chi connectivity index (χ0n) is 13.9. The molecule has 0 bridgehead atoms. The van der Waals surface area contributed by atoms with Crippen LogP contribution in [0.25, 0.3) is 0 Å². The fourth-order valence-electron chi connectivity index (χ4n) is 2.44. The quantitative estimate of drug-likeness (QED) is 0.767. The Kier molecular flexibility index (Phi) is 6.99. The van der Waals surface area contributed by atoms with Gasteiger partial charge < -0.3 is 15.0 Å². The lowest BCUT2D eigenvalue weighted by atomic mass is 9.84. The normalized spacial score (nSPS) is 17.2. The fourth-order valence-corrected chi connectivity index (χ4v) is 2.44. The lowest BCUT2D eigenvalue weighted by Crippen LogP contribution is -2.49. The van der Waals surface area contributed by atoms with E-state index in [0.29, 0.717) is 6.42 Å². The maximum Gasteiger partial charge on any atom is 0.328 e. The fraction of sp³-hybridized carbons (Fsp3) is 0.875. The van der Waals surface area contributed by atoms with Gasteiger partial charge in [0, 0.05) is 13.1 Å². The standard InChI is InChI=1S/C16H30N2O3/c1-5-16(2,3)10-9-13(14(19)21-4)17-15(20)18-11-7-6-8-12-18/h13H,5-12H2,1-4H3,(H,17,20)/t13-/m0/s1. The summed E-state index contributed by atoms with van der Waals surface area (Å²) in [4.78, 5) is 25.9. The molecule has 5 heteroatoms. The van der Waals surface area contributed by atoms with Crippen LogP contribution in [0.15, 0.2) is 0 Å². The smallest absolute Gasteiger partial charge is 0.328 e. The number of esters is 1. The molecule has 1 N–H and O–H groups in total. The minimum absolute atomic E-state index is 0.139. The zero-order chi connectivity index (χ0) is 15.9. The molecule has 0 spiro atoms. The highest BCUT2D eigenvalue weighted by molar-refractivity contribution is 5.83. The van der Waals surface area contributed by atoms with Gasteiger partial charge in [-0.15, -0.1) is 0 Å². The topological polar surface area (TPSA) is 58.6 Å². The number of methoxy groups -OCH3 is 1. The molecule has 1 atom stereocenters. The number of hydrogen-bond acceptors (Lipinski definition) is 3. The van der Waals surface area contributed by atoms with Gasteiger partial charge in [0.25, 0.3) is 0 Å². The predicted molar refractivity (Wildman–Crippen MR) is 83.1 cm³/mol. The van der Waals surface area contributed by atoms with Crippen LogP contribution in [0.2, 0.25) is 0 Å². The van der Waals surface area contributed by atoms with Gasteiger partial charge >= 0.3 is 12.0 Å². The first-order valence-corrected chi connectivity index (χ1v) is 8.03. The van der Waals surface area contributed by atoms with Crippen molar-refractivity contribution < 1.29 is 14.3 Å². The van der Waals surface area contributed by atoms with E-state index in [1.54, 1.807) is 4.90 Å². The molecule has 0 aliphatic carbocycles. The van der Waals surface area contributed by atoms with E-state index in [9.17, 15) is 9.59 Å². The SMILES string of the molecule is CCC(C)(C)CC[C@H](NC(=O)N1CCCCC1)C(=O)OC. The first-order chi connectivity index (χ1) is 9.89. The van der Waals surface area contributed by atoms with Gasteiger partial charge in [0.1, 0.15) is 6.04 Å². The van der Waals surface area contributed by atoms with Gasteiger partial charge in [0.05, 0.1) is 7.11 Å². The predicted octanol–water partition coefficient (Wildman–Crippen LogP) is 2.94. The molecule has 1 rings (SSSR count). The summed E-state index contributed by atoms with van der Waals surface area (Å²) in [7, 11) is 1.37. The second-order valence-electron chi connectivity index (χ2n) is 6.63. The number of nitrogens with one attached hydrogen (secondary N) is 1. The summed E-state index contributed by atoms with van der Waals surface area (Å²) in [6.45, 7) is 8.04. The van der Waals surface area contributed by atoms with E-state index in [-0.39, 0.29) is 17.4 Å². The van der Waals surface area contributed by atoms with E-state index in [1.165, 1.54) is 13.5 Å². The number of amides is 2. The average Bonchev–Trinajstić information content (AvgIpc) is 2.51. The number of nitrogens with zero attached hydrogens (tertiary/aromatic N) is 1. The molecule has 0 unspecified atom stereocenters. The van der Waals surface area contributed by atoms with Gasteiger partial charge in [0.15, 0.2) is 0 Å². The molecular weight excluding hydrogens is 268 g/mol. The number of ether oxygens (including phenoxy) is 1. The first kappa shape index (κ1) is 17.8. The van der Waals surface area contributed by atoms with E-state index in [1.807, 2.05) is 0 Å². The number of likely N-dealkylation sites (tertiary alicyclic amines) is 1. The van der Waals surface area contributed by atoms with Crippen molar-refractivity contribution in [2.75, 3.05) is 20.2 Å². The number of hydrogen-bond donors (Lipinski definition) is 1. The maximum atomic E-state index is 12.2. The largest absolute Gasteiger partial charge is 0.467 e. The summed E-state index contributed by atoms with van der Waals surface area (Å²) < 4.78 is 4.83. The Balaban J connectivity index is 2.56. The van der Waals surface area contributed by atoms with E-state index < -0.39 is 6.04 Å². The van der Waals surface area contributed by atoms with E-state index in [2.05, 4.69) is 26.1 Å². The molecular formula is C16H30N2O3. The molecule has 0 aromatic rings. The average molecular weight is 298 g/mol. The van der Waals surface area contributed by atoms with Crippen molar-refractivity contribution in [2.24, 2.45) is 5.41 Å². The molecule has 5 nitrogen and oxygen atoms in total. The molecule has 0 aromatic heterocycles. The lowest BCUT2D eigenvalue weighted by molar-refractivity contribution is -0.143. The van der Waals surface area contributed by atoms with Crippen LogP contribution in [0.5, 0.6) is 0 Å². The Hall–Kier alpha value is -1.26. The highest BCUT2D eigenvalue weighted by atomic mass is 16.5. The van der Waals surface area contributed by atoms with Gasteiger partial charge in [-0.05, 0) is 37.5 Å². The zero-order valence-corrected chi connectivity index (χ0v) is 13.9. The summed E-state index contributed by atoms with van der Waals surface area (Å²) in [5.74, 6) is -0.354. The molecule has 1 fully saturated rings. The molecule has 2 amide bonds. The van der Waals surface area contributed by atoms with Gasteiger partial charge in [0.2, 0.25) is 0 Å². The number of rotatable bonds is 6. The van der Waals surface area contributed by atoms with Crippen molar-refractivity contribution >= 4 is 12.0 Å². The molecule has 0 aromatic carbocycles. The van der Waals surface area contributed by atoms with Gasteiger partial charge in [-0.3, -0.25) is 0 Å². The molecule has 0 radical (unpaired) electrons. The van der Waals surface area contributed by atoms with E-state index in [4.69, 9.17) is 4.74 Å². The third kappa shape index (κ3) is 5.94. The molecule has 1 aliphatic rings. The molecule has 122 valence electrons. The van der Waals surface area contributed by atoms with Crippen molar-refractivity contribution in [3.05, 3.63) is 0 Å². The highest BCUT2D eigenvalue weighted by Gasteiger charge is 2.27. The second kappa shape index (κ2) is 8.25. The number of urea groups is 1. The third-order valence-electron chi connectivity index (χ3n) is 4.49. The Labute approximate surface area is 128 Å². The Bertz CT molecular complexity index is 349. The molecule has 0 saturated carbocycles. The van der Waals surface area contributed by atoms with Crippen LogP contribution in [0, 0.1) is 5.41 Å². The van der Waals surface area contributed by atoms with Crippen LogP contribution in [-0.4, -0.2) is 43.1 Å². The number of piperidine rings is 1. The van der Waals surface area contributed by atoms with Crippen LogP contribution < -0.4 is 5.32 Å². The minimum Gasteiger partial charge on any atom is -0.467 e. The summed E-state index contributed by atoms with van der Waals surface area (Å²) in [6.07, 6.45) is 5.80. The summed E-state index contributed by atoms with van der Waals surface area (Å²) in [5.41, 5.74) is 0.169. The Morgan fingerprint density at radius 1 is 1.24 bits per heavy atom. The maximum absolute atomic E-state index is 12.2. The second-order valence-corrected chi connectivity index (χ2v) is 6.63. The van der Waals surface area contributed by atoms with Crippen molar-refractivity contribution in [1.82, 2.24) is 10.2 Å². The minimum atomic E-state index is -0.546. The lowest BCUT2D eigenvalue weighted by Gasteiger charge is -2.30. The van der Waals surface area contributed by atoms with Gasteiger partial charge in [-0.2, -0.15) is 0 Å². The summed E-state index contributed by atoms with van der Waals surface area (Å²) >= 11 is 0. The third-order valence-corrected chi connectivity index (χ3v) is 4.49. The Morgan fingerprint density at radius 2 is 1.86 bits per heavy atom. The van der Waals surface area contributed by atoms with E-state index in [0.717, 1.165) is 38.8 Å². The number of carbonyl (C=O) groups is 2. The molecule has 1 heterocycles. The van der Waals surface area contributed by atoms with Crippen molar-refractivity contribution in [3.63, 3.8) is 0 Å². The molecule has 21 heavy (non-hydrogen) atoms. The van der Waals surface area contributed by atoms with Crippen LogP contribution in [-0.2, 0) is 9.53 Å². The van der Waals surface area contributed by atoms with Crippen LogP contribution in [0.3, 0.4) is 0 Å². The highest BCUT2D eigenvalue weighted by Crippen LogP contribution is 2.27. The number of carbonyl (C=O) groups excluding carboxylic acids is 2. The van der Waals surface area contributed by atoms with E-state index >= 15 is 0 Å². The van der Waals surface area contributed by atoms with Crippen molar-refractivity contribution in [1.29, 1.82) is 0 Å². The van der Waals surface area contributed by atoms with Crippen LogP contribution in [0.1, 0.15) is 59.3 Å². The summed E-state index contributed by atoms with van der Waals surface area (Å²) in [6, 6.07) is -0.686. The van der Waals surface area contributed by atoms with Crippen molar-refractivity contribution in [2.45, 2.75) is 65.3 Å². The van der Waals surface area contributed by atoms with Crippen LogP contribution in [0.4, 0.5) is 4.79 Å². The Morgan fingerprint density at radius 3 is 2.38 bits per heavy atom. The molecule has 1 aliphatic heterocycles. The summed E-state index contributed by atoms with van der Waals surface area (Å²) in [5, 5.41) is 2.85. The first-order valence-electron chi connectivity index (χ1n) is 8.03. The van der Waals surface area contributed by atoms with Crippen molar-refractivity contribution in [3.8, 4) is 0 Å². The van der Waals surface area contributed by atoms with Gasteiger partial charge in [-0.25, -0.2) is 9.59 Å². The molecule has 1 saturated heterocycles. The monoisotopic (exact) mass is 298 g/mol. The van der Waals surface area contributed by atoms with Crippen LogP contribution >= 0.6 is 0 Å².